The molecule has 0 aliphatic carbocycles. The van der Waals surface area contributed by atoms with Gasteiger partial charge in [0.2, 0.25) is 0 Å². The maximum absolute atomic E-state index is 13.5. The van der Waals surface area contributed by atoms with Crippen LogP contribution < -0.4 is 30.0 Å². The van der Waals surface area contributed by atoms with E-state index >= 15 is 0 Å². The number of nitro groups is 1. The van der Waals surface area contributed by atoms with Crippen LogP contribution in [0, 0.1) is 10.1 Å². The molecule has 4 aromatic carbocycles. The molecule has 0 aromatic heterocycles. The van der Waals surface area contributed by atoms with Gasteiger partial charge in [0.15, 0.2) is 0 Å². The zero-order valence-corrected chi connectivity index (χ0v) is 20.6. The maximum atomic E-state index is 13.5. The van der Waals surface area contributed by atoms with Gasteiger partial charge >= 0.3 is 184 Å². The van der Waals surface area contributed by atoms with Crippen LogP contribution in [-0.4, -0.2) is 24.3 Å². The molecule has 0 atom stereocenters. The number of carbonyl (C=O) groups is 1. The molecule has 0 fully saturated rings. The van der Waals surface area contributed by atoms with Crippen molar-refractivity contribution >= 4 is 38.1 Å². The van der Waals surface area contributed by atoms with Crippen LogP contribution in [0.3, 0.4) is 0 Å². The molecular formula is C26H21AsBrNO3. The van der Waals surface area contributed by atoms with Crippen LogP contribution in [0.2, 0.25) is 5.21 Å². The van der Waals surface area contributed by atoms with E-state index in [2.05, 4.69) is 36.4 Å². The molecule has 4 rings (SSSR count). The zero-order valence-electron chi connectivity index (χ0n) is 17.2. The normalized spacial score (nSPS) is 10.8. The van der Waals surface area contributed by atoms with Gasteiger partial charge in [0.05, 0.1) is 0 Å². The summed E-state index contributed by atoms with van der Waals surface area (Å²) >= 11 is -3.16. The van der Waals surface area contributed by atoms with Crippen molar-refractivity contribution in [3.63, 3.8) is 0 Å². The first kappa shape index (κ1) is 23.6. The van der Waals surface area contributed by atoms with Crippen molar-refractivity contribution < 1.29 is 26.7 Å². The monoisotopic (exact) mass is 549 g/mol. The second kappa shape index (κ2) is 10.5. The van der Waals surface area contributed by atoms with Crippen LogP contribution in [0.4, 0.5) is 5.69 Å². The summed E-state index contributed by atoms with van der Waals surface area (Å²) in [7, 11) is 0. The van der Waals surface area contributed by atoms with E-state index in [1.807, 2.05) is 54.6 Å². The Morgan fingerprint density at radius 1 is 0.656 bits per heavy atom. The number of carbonyl (C=O) groups excluding carboxylic acids is 1. The van der Waals surface area contributed by atoms with Crippen molar-refractivity contribution in [3.8, 4) is 0 Å². The summed E-state index contributed by atoms with van der Waals surface area (Å²) in [5, 5.41) is 11.4. The Balaban J connectivity index is 0.00000289. The van der Waals surface area contributed by atoms with E-state index in [9.17, 15) is 14.9 Å². The van der Waals surface area contributed by atoms with Gasteiger partial charge in [-0.05, 0) is 0 Å². The Kier molecular flexibility index (Phi) is 7.79. The van der Waals surface area contributed by atoms with Gasteiger partial charge in [0, 0.05) is 0 Å². The summed E-state index contributed by atoms with van der Waals surface area (Å²) in [6, 6.07) is 36.7. The van der Waals surface area contributed by atoms with Crippen LogP contribution >= 0.6 is 0 Å². The fourth-order valence-corrected chi connectivity index (χ4v) is 12.4. The molecule has 0 saturated carbocycles. The van der Waals surface area contributed by atoms with Crippen molar-refractivity contribution in [2.75, 3.05) is 0 Å². The fraction of sp³-hybridized carbons (Fsp3) is 0.0385. The molecule has 0 radical (unpaired) electrons. The van der Waals surface area contributed by atoms with E-state index in [1.54, 1.807) is 12.1 Å². The quantitative estimate of drug-likeness (QED) is 0.149. The molecule has 0 bridgehead atoms. The van der Waals surface area contributed by atoms with Crippen LogP contribution in [0.25, 0.3) is 0 Å². The molecule has 0 aliphatic heterocycles. The molecule has 4 nitrogen and oxygen atoms in total. The standard InChI is InChI=1S/C26H21AsNO3.BrH/c29-26(21-16-18-25(19-17-21)28(30)31)20-27(22-10-4-1-5-11-22,23-12-6-2-7-13-23)24-14-8-3-9-15-24;/h1-19H,20H2;1H/q+1;/p-1. The Morgan fingerprint density at radius 2 is 1.03 bits per heavy atom. The Morgan fingerprint density at radius 3 is 1.38 bits per heavy atom. The van der Waals surface area contributed by atoms with Crippen molar-refractivity contribution in [2.24, 2.45) is 0 Å². The summed E-state index contributed by atoms with van der Waals surface area (Å²) in [4.78, 5) is 24.1. The largest absolute Gasteiger partial charge is 1.00 e. The van der Waals surface area contributed by atoms with E-state index in [-0.39, 0.29) is 28.5 Å². The molecular weight excluding hydrogens is 529 g/mol. The first-order valence-corrected chi connectivity index (χ1v) is 14.1. The van der Waals surface area contributed by atoms with Gasteiger partial charge in [0.25, 0.3) is 0 Å². The van der Waals surface area contributed by atoms with E-state index in [0.29, 0.717) is 10.8 Å². The number of rotatable bonds is 7. The minimum Gasteiger partial charge on any atom is -1.00 e. The van der Waals surface area contributed by atoms with Gasteiger partial charge < -0.3 is 17.0 Å². The number of hydrogen-bond donors (Lipinski definition) is 0. The predicted octanol–water partition coefficient (Wildman–Crippen LogP) is 0.952. The number of non-ortho nitro benzene ring substituents is 1. The van der Waals surface area contributed by atoms with E-state index in [1.165, 1.54) is 25.2 Å². The molecule has 0 unspecified atom stereocenters. The third-order valence-electron chi connectivity index (χ3n) is 5.37. The van der Waals surface area contributed by atoms with Crippen molar-refractivity contribution in [2.45, 2.75) is 5.21 Å². The summed E-state index contributed by atoms with van der Waals surface area (Å²) in [5.41, 5.74) is 0.483. The number of benzene rings is 4. The van der Waals surface area contributed by atoms with Gasteiger partial charge in [0.1, 0.15) is 0 Å². The Hall–Kier alpha value is -3.01. The maximum Gasteiger partial charge on any atom is -1.00 e. The summed E-state index contributed by atoms with van der Waals surface area (Å²) < 4.78 is 3.56. The Labute approximate surface area is 200 Å². The van der Waals surface area contributed by atoms with Crippen LogP contribution in [0.15, 0.2) is 115 Å². The number of nitro benzene ring substituents is 1. The van der Waals surface area contributed by atoms with Gasteiger partial charge in [-0.25, -0.2) is 0 Å². The molecule has 160 valence electrons. The molecule has 4 aromatic rings. The summed E-state index contributed by atoms with van der Waals surface area (Å²) in [6.45, 7) is 0. The van der Waals surface area contributed by atoms with Gasteiger partial charge in [-0.3, -0.25) is 0 Å². The average Bonchev–Trinajstić information content (AvgIpc) is 2.84. The number of nitrogens with zero attached hydrogens (tertiary/aromatic N) is 1. The summed E-state index contributed by atoms with van der Waals surface area (Å²) in [5.74, 6) is -0.000966. The molecule has 0 heterocycles. The molecule has 32 heavy (non-hydrogen) atoms. The molecule has 0 saturated heterocycles. The van der Waals surface area contributed by atoms with E-state index in [4.69, 9.17) is 0 Å². The van der Waals surface area contributed by atoms with Crippen LogP contribution in [0.5, 0.6) is 0 Å². The van der Waals surface area contributed by atoms with E-state index < -0.39 is 18.5 Å². The summed E-state index contributed by atoms with van der Waals surface area (Å²) in [6.07, 6.45) is 0. The number of halogens is 1. The third-order valence-corrected chi connectivity index (χ3v) is 14.4. The minimum absolute atomic E-state index is 0. The molecule has 6 heteroatoms. The smallest absolute Gasteiger partial charge is 1.00 e. The van der Waals surface area contributed by atoms with Gasteiger partial charge in [-0.1, -0.05) is 0 Å². The second-order valence-corrected chi connectivity index (χ2v) is 14.5. The van der Waals surface area contributed by atoms with Crippen molar-refractivity contribution in [1.82, 2.24) is 0 Å². The van der Waals surface area contributed by atoms with Gasteiger partial charge in [-0.15, -0.1) is 0 Å². The minimum atomic E-state index is -3.16. The molecule has 0 spiro atoms. The topological polar surface area (TPSA) is 60.2 Å². The third kappa shape index (κ3) is 4.74. The number of hydrogen-bond acceptors (Lipinski definition) is 3. The fourth-order valence-electron chi connectivity index (χ4n) is 3.84. The average molecular weight is 550 g/mol. The van der Waals surface area contributed by atoms with E-state index in [0.717, 1.165) is 0 Å². The predicted molar refractivity (Wildman–Crippen MR) is 126 cm³/mol. The Bertz CT molecular complexity index is 1090. The second-order valence-electron chi connectivity index (χ2n) is 7.20. The van der Waals surface area contributed by atoms with Crippen molar-refractivity contribution in [3.05, 3.63) is 131 Å². The zero-order chi connectivity index (χ0) is 21.7. The SMILES string of the molecule is O=C(C[As+](c1ccccc1)(c1ccccc1)c1ccccc1)c1ccc([N+](=O)[O-])cc1.[Br-]. The van der Waals surface area contributed by atoms with Crippen molar-refractivity contribution in [1.29, 1.82) is 0 Å². The van der Waals surface area contributed by atoms with Crippen LogP contribution in [0.1, 0.15) is 10.4 Å². The first-order chi connectivity index (χ1) is 15.1. The molecule has 0 aliphatic rings. The van der Waals surface area contributed by atoms with Gasteiger partial charge in [-0.2, -0.15) is 0 Å². The molecule has 0 N–H and O–H groups in total. The number of ketones is 1. The van der Waals surface area contributed by atoms with Crippen LogP contribution in [-0.2, 0) is 0 Å². The molecule has 0 amide bonds. The first-order valence-electron chi connectivity index (χ1n) is 9.94. The number of Topliss-reactive ketones (excluding diaryl/α,β-unsaturated/α-hetero) is 1.